The van der Waals surface area contributed by atoms with Gasteiger partial charge >= 0.3 is 6.03 Å². The largest absolute Gasteiger partial charge is 0.396 e. The van der Waals surface area contributed by atoms with Gasteiger partial charge in [-0.25, -0.2) is 4.79 Å². The molecule has 2 amide bonds. The first kappa shape index (κ1) is 17.5. The Hall–Kier alpha value is -0.810. The molecule has 0 radical (unpaired) electrons. The van der Waals surface area contributed by atoms with E-state index in [9.17, 15) is 4.79 Å². The van der Waals surface area contributed by atoms with E-state index in [1.54, 1.807) is 0 Å². The van der Waals surface area contributed by atoms with Gasteiger partial charge in [-0.1, -0.05) is 27.7 Å². The van der Waals surface area contributed by atoms with E-state index in [4.69, 9.17) is 9.84 Å². The van der Waals surface area contributed by atoms with Crippen LogP contribution in [-0.2, 0) is 4.74 Å². The van der Waals surface area contributed by atoms with Crippen LogP contribution >= 0.6 is 0 Å². The number of carbonyl (C=O) groups excluding carboxylic acids is 1. The SMILES string of the molecule is CC(C)CC(CCO)CNC(=O)NC1C2CCOC2C1(C)C. The Bertz CT molecular complexity index is 384. The van der Waals surface area contributed by atoms with Gasteiger partial charge in [-0.2, -0.15) is 0 Å². The van der Waals surface area contributed by atoms with Gasteiger partial charge < -0.3 is 20.5 Å². The number of nitrogens with one attached hydrogen (secondary N) is 2. The minimum Gasteiger partial charge on any atom is -0.396 e. The van der Waals surface area contributed by atoms with Crippen LogP contribution in [0.5, 0.6) is 0 Å². The predicted molar refractivity (Wildman–Crippen MR) is 86.6 cm³/mol. The van der Waals surface area contributed by atoms with E-state index in [2.05, 4.69) is 38.3 Å². The Balaban J connectivity index is 1.77. The monoisotopic (exact) mass is 312 g/mol. The fraction of sp³-hybridized carbons (Fsp3) is 0.941. The van der Waals surface area contributed by atoms with Crippen LogP contribution in [-0.4, -0.2) is 43.0 Å². The maximum atomic E-state index is 12.2. The van der Waals surface area contributed by atoms with Crippen LogP contribution in [0.25, 0.3) is 0 Å². The molecule has 0 aromatic heterocycles. The van der Waals surface area contributed by atoms with Gasteiger partial charge in [0, 0.05) is 37.1 Å². The molecule has 128 valence electrons. The van der Waals surface area contributed by atoms with Crippen molar-refractivity contribution in [2.45, 2.75) is 59.1 Å². The average molecular weight is 312 g/mol. The normalized spacial score (nSPS) is 30.5. The van der Waals surface area contributed by atoms with E-state index in [1.165, 1.54) is 0 Å². The summed E-state index contributed by atoms with van der Waals surface area (Å²) in [4.78, 5) is 12.2. The van der Waals surface area contributed by atoms with Crippen LogP contribution in [0.2, 0.25) is 0 Å². The lowest BCUT2D eigenvalue weighted by Gasteiger charge is -2.54. The molecule has 1 heterocycles. The zero-order valence-corrected chi connectivity index (χ0v) is 14.4. The van der Waals surface area contributed by atoms with Gasteiger partial charge in [-0.05, 0) is 31.1 Å². The van der Waals surface area contributed by atoms with Gasteiger partial charge in [0.25, 0.3) is 0 Å². The molecule has 4 atom stereocenters. The number of aliphatic hydroxyl groups is 1. The number of carbonyl (C=O) groups is 1. The van der Waals surface area contributed by atoms with Gasteiger partial charge in [-0.15, -0.1) is 0 Å². The number of rotatable bonds is 7. The van der Waals surface area contributed by atoms with Crippen LogP contribution in [0.4, 0.5) is 4.79 Å². The summed E-state index contributed by atoms with van der Waals surface area (Å²) < 4.78 is 5.75. The Morgan fingerprint density at radius 3 is 2.77 bits per heavy atom. The third-order valence-electron chi connectivity index (χ3n) is 5.28. The molecule has 4 unspecified atom stereocenters. The molecule has 0 aromatic carbocycles. The second kappa shape index (κ2) is 7.18. The average Bonchev–Trinajstić information content (AvgIpc) is 2.89. The highest BCUT2D eigenvalue weighted by Gasteiger charge is 2.59. The third kappa shape index (κ3) is 3.74. The molecule has 0 aromatic rings. The number of ether oxygens (including phenoxy) is 1. The van der Waals surface area contributed by atoms with Gasteiger partial charge in [-0.3, -0.25) is 0 Å². The molecule has 2 aliphatic rings. The van der Waals surface area contributed by atoms with Crippen LogP contribution < -0.4 is 10.6 Å². The lowest BCUT2D eigenvalue weighted by Crippen LogP contribution is -2.67. The van der Waals surface area contributed by atoms with E-state index >= 15 is 0 Å². The fourth-order valence-electron chi connectivity index (χ4n) is 4.20. The standard InChI is InChI=1S/C17H32N2O3/c1-11(2)9-12(5-7-20)10-18-16(21)19-14-13-6-8-22-15(13)17(14,3)4/h11-15,20H,5-10H2,1-4H3,(H2,18,19,21). The summed E-state index contributed by atoms with van der Waals surface area (Å²) in [5.41, 5.74) is 0.0148. The molecule has 5 heteroatoms. The Morgan fingerprint density at radius 1 is 1.41 bits per heavy atom. The van der Waals surface area contributed by atoms with Crippen molar-refractivity contribution in [3.63, 3.8) is 0 Å². The number of amides is 2. The van der Waals surface area contributed by atoms with Gasteiger partial charge in [0.15, 0.2) is 0 Å². The van der Waals surface area contributed by atoms with Crippen molar-refractivity contribution in [1.82, 2.24) is 10.6 Å². The lowest BCUT2D eigenvalue weighted by molar-refractivity contribution is -0.108. The summed E-state index contributed by atoms with van der Waals surface area (Å²) in [5.74, 6) is 1.38. The molecular weight excluding hydrogens is 280 g/mol. The maximum Gasteiger partial charge on any atom is 0.315 e. The second-order valence-corrected chi connectivity index (χ2v) is 7.91. The summed E-state index contributed by atoms with van der Waals surface area (Å²) in [7, 11) is 0. The van der Waals surface area contributed by atoms with Crippen LogP contribution in [0.3, 0.4) is 0 Å². The fourth-order valence-corrected chi connectivity index (χ4v) is 4.20. The van der Waals surface area contributed by atoms with E-state index in [0.29, 0.717) is 30.4 Å². The van der Waals surface area contributed by atoms with Gasteiger partial charge in [0.1, 0.15) is 0 Å². The van der Waals surface area contributed by atoms with Crippen molar-refractivity contribution in [2.75, 3.05) is 19.8 Å². The molecule has 0 spiro atoms. The van der Waals surface area contributed by atoms with Gasteiger partial charge in [0.2, 0.25) is 0 Å². The van der Waals surface area contributed by atoms with Crippen LogP contribution in [0, 0.1) is 23.2 Å². The van der Waals surface area contributed by atoms with E-state index in [1.807, 2.05) is 0 Å². The van der Waals surface area contributed by atoms with Crippen molar-refractivity contribution in [3.05, 3.63) is 0 Å². The Labute approximate surface area is 134 Å². The second-order valence-electron chi connectivity index (χ2n) is 7.91. The summed E-state index contributed by atoms with van der Waals surface area (Å²) in [6, 6.07) is 0.108. The van der Waals surface area contributed by atoms with Crippen molar-refractivity contribution in [2.24, 2.45) is 23.2 Å². The van der Waals surface area contributed by atoms with Gasteiger partial charge in [0.05, 0.1) is 6.10 Å². The molecule has 1 saturated heterocycles. The molecular formula is C17H32N2O3. The first-order valence-electron chi connectivity index (χ1n) is 8.63. The zero-order chi connectivity index (χ0) is 16.3. The molecule has 1 aliphatic carbocycles. The first-order valence-corrected chi connectivity index (χ1v) is 8.63. The van der Waals surface area contributed by atoms with E-state index in [-0.39, 0.29) is 24.1 Å². The number of fused-ring (bicyclic) bond motifs is 1. The summed E-state index contributed by atoms with van der Waals surface area (Å²) in [5, 5.41) is 15.3. The third-order valence-corrected chi connectivity index (χ3v) is 5.28. The Kier molecular flexibility index (Phi) is 5.72. The van der Waals surface area contributed by atoms with Crippen LogP contribution in [0.1, 0.15) is 47.0 Å². The number of hydrogen-bond donors (Lipinski definition) is 3. The topological polar surface area (TPSA) is 70.6 Å². The minimum absolute atomic E-state index is 0.0148. The summed E-state index contributed by atoms with van der Waals surface area (Å²) >= 11 is 0. The van der Waals surface area contributed by atoms with Crippen molar-refractivity contribution in [1.29, 1.82) is 0 Å². The molecule has 5 nitrogen and oxygen atoms in total. The smallest absolute Gasteiger partial charge is 0.315 e. The maximum absolute atomic E-state index is 12.2. The molecule has 3 N–H and O–H groups in total. The summed E-state index contributed by atoms with van der Waals surface area (Å²) in [6.07, 6.45) is 3.10. The van der Waals surface area contributed by atoms with Crippen LogP contribution in [0.15, 0.2) is 0 Å². The zero-order valence-electron chi connectivity index (χ0n) is 14.4. The van der Waals surface area contributed by atoms with Crippen molar-refractivity contribution >= 4 is 6.03 Å². The number of aliphatic hydroxyl groups excluding tert-OH is 1. The lowest BCUT2D eigenvalue weighted by atomic mass is 9.57. The van der Waals surface area contributed by atoms with E-state index in [0.717, 1.165) is 25.9 Å². The summed E-state index contributed by atoms with van der Waals surface area (Å²) in [6.45, 7) is 10.3. The number of urea groups is 1. The first-order chi connectivity index (χ1) is 10.4. The molecule has 22 heavy (non-hydrogen) atoms. The minimum atomic E-state index is -0.0879. The highest BCUT2D eigenvalue weighted by Crippen LogP contribution is 2.52. The highest BCUT2D eigenvalue weighted by molar-refractivity contribution is 5.74. The molecule has 2 fully saturated rings. The molecule has 1 saturated carbocycles. The number of hydrogen-bond acceptors (Lipinski definition) is 3. The van der Waals surface area contributed by atoms with Crippen molar-refractivity contribution in [3.8, 4) is 0 Å². The quantitative estimate of drug-likeness (QED) is 0.674. The molecule has 2 rings (SSSR count). The molecule has 1 aliphatic heterocycles. The van der Waals surface area contributed by atoms with E-state index < -0.39 is 0 Å². The highest BCUT2D eigenvalue weighted by atomic mass is 16.5. The Morgan fingerprint density at radius 2 is 2.14 bits per heavy atom. The van der Waals surface area contributed by atoms with Crippen molar-refractivity contribution < 1.29 is 14.6 Å². The molecule has 0 bridgehead atoms. The predicted octanol–water partition coefficient (Wildman–Crippen LogP) is 2.14.